The number of esters is 1. The first-order chi connectivity index (χ1) is 17.1. The van der Waals surface area contributed by atoms with E-state index in [2.05, 4.69) is 10.4 Å². The Bertz CT molecular complexity index is 1180. The van der Waals surface area contributed by atoms with E-state index in [0.29, 0.717) is 11.4 Å². The van der Waals surface area contributed by atoms with Crippen LogP contribution in [0.1, 0.15) is 24.0 Å². The predicted molar refractivity (Wildman–Crippen MR) is 130 cm³/mol. The number of para-hydroxylation sites is 1. The van der Waals surface area contributed by atoms with Crippen LogP contribution in [0, 0.1) is 0 Å². The summed E-state index contributed by atoms with van der Waals surface area (Å²) < 4.78 is 10.7. The summed E-state index contributed by atoms with van der Waals surface area (Å²) >= 11 is 0. The zero-order valence-electron chi connectivity index (χ0n) is 19.0. The van der Waals surface area contributed by atoms with E-state index >= 15 is 0 Å². The number of carbonyl (C=O) groups is 3. The van der Waals surface area contributed by atoms with E-state index in [1.54, 1.807) is 12.1 Å². The molecule has 8 heteroatoms. The fourth-order valence-corrected chi connectivity index (χ4v) is 3.53. The number of amides is 2. The van der Waals surface area contributed by atoms with Gasteiger partial charge in [-0.3, -0.25) is 4.79 Å². The number of ether oxygens (including phenoxy) is 2. The van der Waals surface area contributed by atoms with Crippen LogP contribution in [0.4, 0.5) is 10.5 Å². The summed E-state index contributed by atoms with van der Waals surface area (Å²) in [6.07, 6.45) is -0.707. The van der Waals surface area contributed by atoms with Gasteiger partial charge in [-0.05, 0) is 23.3 Å². The molecule has 2 amide bonds. The first-order valence-electron chi connectivity index (χ1n) is 11.2. The van der Waals surface area contributed by atoms with Gasteiger partial charge in [0.2, 0.25) is 0 Å². The number of nitrogens with zero attached hydrogens (tertiary/aromatic N) is 2. The number of rotatable bonds is 9. The Hall–Kier alpha value is -4.46. The Morgan fingerprint density at radius 1 is 0.829 bits per heavy atom. The Balaban J connectivity index is 1.43. The lowest BCUT2D eigenvalue weighted by Crippen LogP contribution is -2.43. The van der Waals surface area contributed by atoms with Crippen LogP contribution in [0.3, 0.4) is 0 Å². The van der Waals surface area contributed by atoms with Crippen molar-refractivity contribution in [3.63, 3.8) is 0 Å². The van der Waals surface area contributed by atoms with Crippen LogP contribution < -0.4 is 10.3 Å². The van der Waals surface area contributed by atoms with Crippen LogP contribution in [-0.2, 0) is 32.3 Å². The molecule has 0 unspecified atom stereocenters. The first-order valence-corrected chi connectivity index (χ1v) is 11.2. The van der Waals surface area contributed by atoms with E-state index in [-0.39, 0.29) is 32.0 Å². The molecule has 3 aromatic carbocycles. The molecule has 1 heterocycles. The molecule has 1 atom stereocenters. The van der Waals surface area contributed by atoms with Gasteiger partial charge >= 0.3 is 12.1 Å². The van der Waals surface area contributed by atoms with Crippen LogP contribution in [0.15, 0.2) is 96.1 Å². The fraction of sp³-hybridized carbons (Fsp3) is 0.185. The molecule has 0 aliphatic carbocycles. The zero-order valence-corrected chi connectivity index (χ0v) is 19.0. The number of benzene rings is 3. The highest BCUT2D eigenvalue weighted by atomic mass is 16.6. The van der Waals surface area contributed by atoms with Gasteiger partial charge in [0.15, 0.2) is 0 Å². The van der Waals surface area contributed by atoms with Gasteiger partial charge in [-0.1, -0.05) is 78.9 Å². The zero-order chi connectivity index (χ0) is 24.5. The molecule has 0 radical (unpaired) electrons. The lowest BCUT2D eigenvalue weighted by molar-refractivity contribution is -0.147. The van der Waals surface area contributed by atoms with Crippen molar-refractivity contribution in [3.8, 4) is 0 Å². The van der Waals surface area contributed by atoms with Crippen molar-refractivity contribution in [3.05, 3.63) is 102 Å². The van der Waals surface area contributed by atoms with Crippen molar-refractivity contribution in [2.24, 2.45) is 5.10 Å². The second kappa shape index (κ2) is 11.6. The van der Waals surface area contributed by atoms with Gasteiger partial charge in [0.05, 0.1) is 17.8 Å². The standard InChI is InChI=1S/C27H25N3O5/c31-25-17-22(29-30(25)23-14-8-3-9-15-23)16-24(26(32)34-18-20-10-4-1-5-11-20)28-27(33)35-19-21-12-6-2-7-13-21/h1-15,24H,16-19H2,(H,28,33)/t24-/m0/s1. The van der Waals surface area contributed by atoms with E-state index in [9.17, 15) is 14.4 Å². The number of hydrogen-bond acceptors (Lipinski definition) is 6. The maximum absolute atomic E-state index is 12.9. The molecular weight excluding hydrogens is 446 g/mol. The highest BCUT2D eigenvalue weighted by Gasteiger charge is 2.31. The third-order valence-corrected chi connectivity index (χ3v) is 5.29. The monoisotopic (exact) mass is 471 g/mol. The van der Waals surface area contributed by atoms with Crippen LogP contribution in [0.2, 0.25) is 0 Å². The van der Waals surface area contributed by atoms with E-state index < -0.39 is 18.1 Å². The molecule has 0 saturated carbocycles. The number of alkyl carbamates (subject to hydrolysis) is 1. The maximum Gasteiger partial charge on any atom is 0.408 e. The Morgan fingerprint density at radius 3 is 1.97 bits per heavy atom. The smallest absolute Gasteiger partial charge is 0.408 e. The number of carbonyl (C=O) groups excluding carboxylic acids is 3. The molecule has 35 heavy (non-hydrogen) atoms. The van der Waals surface area contributed by atoms with Crippen molar-refractivity contribution < 1.29 is 23.9 Å². The van der Waals surface area contributed by atoms with Gasteiger partial charge < -0.3 is 14.8 Å². The Labute approximate surface area is 203 Å². The summed E-state index contributed by atoms with van der Waals surface area (Å²) in [6.45, 7) is 0.109. The number of anilines is 1. The van der Waals surface area contributed by atoms with E-state index in [1.807, 2.05) is 78.9 Å². The van der Waals surface area contributed by atoms with Crippen LogP contribution in [-0.4, -0.2) is 29.7 Å². The van der Waals surface area contributed by atoms with Crippen molar-refractivity contribution in [2.75, 3.05) is 5.01 Å². The van der Waals surface area contributed by atoms with Crippen LogP contribution in [0.25, 0.3) is 0 Å². The molecule has 4 rings (SSSR count). The summed E-state index contributed by atoms with van der Waals surface area (Å²) in [5.41, 5.74) is 2.72. The summed E-state index contributed by atoms with van der Waals surface area (Å²) in [5.74, 6) is -0.854. The van der Waals surface area contributed by atoms with Gasteiger partial charge in [-0.25, -0.2) is 14.6 Å². The Morgan fingerprint density at radius 2 is 1.37 bits per heavy atom. The van der Waals surface area contributed by atoms with Crippen molar-refractivity contribution in [1.82, 2.24) is 5.32 Å². The van der Waals surface area contributed by atoms with Crippen molar-refractivity contribution >= 4 is 29.4 Å². The largest absolute Gasteiger partial charge is 0.459 e. The van der Waals surface area contributed by atoms with E-state index in [4.69, 9.17) is 9.47 Å². The highest BCUT2D eigenvalue weighted by Crippen LogP contribution is 2.21. The van der Waals surface area contributed by atoms with Gasteiger partial charge in [-0.2, -0.15) is 5.10 Å². The molecule has 3 aromatic rings. The second-order valence-electron chi connectivity index (χ2n) is 7.94. The average molecular weight is 472 g/mol. The van der Waals surface area contributed by atoms with Gasteiger partial charge in [0.25, 0.3) is 5.91 Å². The average Bonchev–Trinajstić information content (AvgIpc) is 3.27. The summed E-state index contributed by atoms with van der Waals surface area (Å²) in [6, 6.07) is 26.4. The summed E-state index contributed by atoms with van der Waals surface area (Å²) in [7, 11) is 0. The Kier molecular flexibility index (Phi) is 7.85. The van der Waals surface area contributed by atoms with Gasteiger partial charge in [-0.15, -0.1) is 0 Å². The molecule has 0 aromatic heterocycles. The summed E-state index contributed by atoms with van der Waals surface area (Å²) in [4.78, 5) is 37.9. The number of hydrazone groups is 1. The number of nitrogens with one attached hydrogen (secondary N) is 1. The normalized spacial score (nSPS) is 13.7. The predicted octanol–water partition coefficient (Wildman–Crippen LogP) is 4.21. The van der Waals surface area contributed by atoms with E-state index in [0.717, 1.165) is 11.1 Å². The minimum atomic E-state index is -1.07. The van der Waals surface area contributed by atoms with Crippen LogP contribution in [0.5, 0.6) is 0 Å². The molecule has 178 valence electrons. The molecule has 1 aliphatic heterocycles. The van der Waals surface area contributed by atoms with Gasteiger partial charge in [0, 0.05) is 6.42 Å². The second-order valence-corrected chi connectivity index (χ2v) is 7.94. The molecule has 0 spiro atoms. The third kappa shape index (κ3) is 6.77. The molecule has 0 bridgehead atoms. The van der Waals surface area contributed by atoms with E-state index in [1.165, 1.54) is 5.01 Å². The molecule has 0 saturated heterocycles. The topological polar surface area (TPSA) is 97.3 Å². The van der Waals surface area contributed by atoms with Crippen LogP contribution >= 0.6 is 0 Å². The lowest BCUT2D eigenvalue weighted by Gasteiger charge is -2.17. The molecule has 8 nitrogen and oxygen atoms in total. The first kappa shape index (κ1) is 23.7. The minimum absolute atomic E-state index is 0.0170. The highest BCUT2D eigenvalue weighted by molar-refractivity contribution is 6.13. The lowest BCUT2D eigenvalue weighted by atomic mass is 10.1. The fourth-order valence-electron chi connectivity index (χ4n) is 3.53. The minimum Gasteiger partial charge on any atom is -0.459 e. The maximum atomic E-state index is 12.9. The third-order valence-electron chi connectivity index (χ3n) is 5.29. The molecular formula is C27H25N3O5. The van der Waals surface area contributed by atoms with Gasteiger partial charge in [0.1, 0.15) is 19.3 Å². The molecule has 1 aliphatic rings. The van der Waals surface area contributed by atoms with Crippen molar-refractivity contribution in [2.45, 2.75) is 32.1 Å². The molecule has 0 fully saturated rings. The number of hydrogen-bond donors (Lipinski definition) is 1. The summed E-state index contributed by atoms with van der Waals surface area (Å²) in [5, 5.41) is 8.26. The van der Waals surface area contributed by atoms with Crippen molar-refractivity contribution in [1.29, 1.82) is 0 Å². The quantitative estimate of drug-likeness (QED) is 0.472. The molecule has 1 N–H and O–H groups in total. The SMILES string of the molecule is O=C(N[C@@H](CC1=NN(c2ccccc2)C(=O)C1)C(=O)OCc1ccccc1)OCc1ccccc1.